The van der Waals surface area contributed by atoms with Gasteiger partial charge >= 0.3 is 0 Å². The zero-order valence-electron chi connectivity index (χ0n) is 9.95. The Balaban J connectivity index is 2.28. The van der Waals surface area contributed by atoms with E-state index in [1.54, 1.807) is 25.3 Å². The molecule has 2 rings (SSSR count). The lowest BCUT2D eigenvalue weighted by Gasteiger charge is -1.99. The standard InChI is InChI=1S/C11H11N3O3S2/c1-13-11-14-10(15)9(18-11)6-7-2-4-8(5-3-7)19(12,16)17/h2-6H,1H3,(H2,12,16,17)(H,13,14,15)/b9-6-. The van der Waals surface area contributed by atoms with Crippen molar-refractivity contribution in [2.75, 3.05) is 7.05 Å². The molecule has 0 spiro atoms. The highest BCUT2D eigenvalue weighted by atomic mass is 32.2. The van der Waals surface area contributed by atoms with Crippen molar-refractivity contribution in [3.05, 3.63) is 34.7 Å². The molecule has 0 unspecified atom stereocenters. The number of carbonyl (C=O) groups excluding carboxylic acids is 1. The van der Waals surface area contributed by atoms with Crippen molar-refractivity contribution < 1.29 is 13.2 Å². The number of nitrogens with one attached hydrogen (secondary N) is 1. The summed E-state index contributed by atoms with van der Waals surface area (Å²) >= 11 is 1.23. The largest absolute Gasteiger partial charge is 0.301 e. The molecule has 0 aliphatic carbocycles. The Morgan fingerprint density at radius 3 is 2.42 bits per heavy atom. The number of sulfonamides is 1. The van der Waals surface area contributed by atoms with Crippen LogP contribution in [0.5, 0.6) is 0 Å². The van der Waals surface area contributed by atoms with Gasteiger partial charge in [0.25, 0.3) is 5.91 Å². The first-order chi connectivity index (χ1) is 8.90. The van der Waals surface area contributed by atoms with Gasteiger partial charge in [-0.25, -0.2) is 13.6 Å². The summed E-state index contributed by atoms with van der Waals surface area (Å²) in [5, 5.41) is 8.14. The van der Waals surface area contributed by atoms with E-state index >= 15 is 0 Å². The highest BCUT2D eigenvalue weighted by molar-refractivity contribution is 8.18. The third-order valence-corrected chi connectivity index (χ3v) is 4.29. The number of thioether (sulfide) groups is 1. The molecule has 0 saturated carbocycles. The zero-order valence-corrected chi connectivity index (χ0v) is 11.6. The lowest BCUT2D eigenvalue weighted by molar-refractivity contribution is -0.115. The Hall–Kier alpha value is -1.64. The van der Waals surface area contributed by atoms with Crippen LogP contribution in [0, 0.1) is 0 Å². The molecule has 3 N–H and O–H groups in total. The first kappa shape index (κ1) is 13.8. The van der Waals surface area contributed by atoms with Crippen LogP contribution in [0.2, 0.25) is 0 Å². The van der Waals surface area contributed by atoms with Crippen molar-refractivity contribution >= 4 is 38.9 Å². The van der Waals surface area contributed by atoms with E-state index in [4.69, 9.17) is 5.14 Å². The first-order valence-corrected chi connectivity index (χ1v) is 7.57. The van der Waals surface area contributed by atoms with Gasteiger partial charge in [-0.2, -0.15) is 0 Å². The SMILES string of the molecule is CN=C1NC(=O)/C(=C/c2ccc(S(N)(=O)=O)cc2)S1. The molecule has 19 heavy (non-hydrogen) atoms. The van der Waals surface area contributed by atoms with Crippen molar-refractivity contribution in [2.24, 2.45) is 10.1 Å². The van der Waals surface area contributed by atoms with Gasteiger partial charge in [0.2, 0.25) is 10.0 Å². The maximum Gasteiger partial charge on any atom is 0.264 e. The lowest BCUT2D eigenvalue weighted by atomic mass is 10.2. The highest BCUT2D eigenvalue weighted by Crippen LogP contribution is 2.25. The molecular weight excluding hydrogens is 286 g/mol. The third-order valence-electron chi connectivity index (χ3n) is 2.36. The van der Waals surface area contributed by atoms with Crippen molar-refractivity contribution in [3.8, 4) is 0 Å². The van der Waals surface area contributed by atoms with E-state index in [-0.39, 0.29) is 10.8 Å². The molecule has 1 amide bonds. The van der Waals surface area contributed by atoms with Crippen LogP contribution in [0.15, 0.2) is 39.1 Å². The normalized spacial score (nSPS) is 20.0. The molecule has 100 valence electrons. The molecular formula is C11H11N3O3S2. The molecule has 1 aromatic carbocycles. The number of nitrogens with two attached hydrogens (primary N) is 1. The fraction of sp³-hybridized carbons (Fsp3) is 0.0909. The molecule has 1 aromatic rings. The molecule has 0 atom stereocenters. The molecule has 6 nitrogen and oxygen atoms in total. The summed E-state index contributed by atoms with van der Waals surface area (Å²) in [6, 6.07) is 5.96. The number of primary sulfonamides is 1. The average Bonchev–Trinajstić information content (AvgIpc) is 2.70. The van der Waals surface area contributed by atoms with Gasteiger partial charge in [-0.1, -0.05) is 12.1 Å². The summed E-state index contributed by atoms with van der Waals surface area (Å²) in [5.74, 6) is -0.221. The maximum absolute atomic E-state index is 11.6. The van der Waals surface area contributed by atoms with E-state index in [0.29, 0.717) is 15.6 Å². The van der Waals surface area contributed by atoms with Crippen molar-refractivity contribution in [1.29, 1.82) is 0 Å². The van der Waals surface area contributed by atoms with Crippen LogP contribution in [-0.4, -0.2) is 26.5 Å². The van der Waals surface area contributed by atoms with Crippen LogP contribution in [0.3, 0.4) is 0 Å². The molecule has 1 saturated heterocycles. The van der Waals surface area contributed by atoms with Crippen LogP contribution in [0.25, 0.3) is 6.08 Å². The van der Waals surface area contributed by atoms with E-state index in [9.17, 15) is 13.2 Å². The Labute approximate surface area is 114 Å². The van der Waals surface area contributed by atoms with Crippen LogP contribution < -0.4 is 10.5 Å². The number of nitrogens with zero attached hydrogens (tertiary/aromatic N) is 1. The van der Waals surface area contributed by atoms with E-state index in [1.165, 1.54) is 23.9 Å². The molecule has 1 aliphatic heterocycles. The maximum atomic E-state index is 11.6. The number of rotatable bonds is 2. The van der Waals surface area contributed by atoms with Crippen LogP contribution in [0.1, 0.15) is 5.56 Å². The minimum atomic E-state index is -3.69. The fourth-order valence-corrected chi connectivity index (χ4v) is 2.73. The number of benzene rings is 1. The van der Waals surface area contributed by atoms with Gasteiger partial charge in [0, 0.05) is 7.05 Å². The third kappa shape index (κ3) is 3.22. The Morgan fingerprint density at radius 1 is 1.32 bits per heavy atom. The Bertz CT molecular complexity index is 676. The number of aliphatic imine (C=N–C) groups is 1. The smallest absolute Gasteiger partial charge is 0.264 e. The van der Waals surface area contributed by atoms with Crippen LogP contribution >= 0.6 is 11.8 Å². The predicted octanol–water partition coefficient (Wildman–Crippen LogP) is 0.524. The van der Waals surface area contributed by atoms with Gasteiger partial charge in [-0.3, -0.25) is 9.79 Å². The molecule has 1 aliphatic rings. The number of carbonyl (C=O) groups is 1. The molecule has 8 heteroatoms. The first-order valence-electron chi connectivity index (χ1n) is 5.21. The molecule has 1 fully saturated rings. The summed E-state index contributed by atoms with van der Waals surface area (Å²) in [6.45, 7) is 0. The fourth-order valence-electron chi connectivity index (χ4n) is 1.44. The van der Waals surface area contributed by atoms with E-state index in [1.807, 2.05) is 0 Å². The Kier molecular flexibility index (Phi) is 3.74. The summed E-state index contributed by atoms with van der Waals surface area (Å²) < 4.78 is 22.2. The molecule has 0 radical (unpaired) electrons. The topological polar surface area (TPSA) is 102 Å². The van der Waals surface area contributed by atoms with Crippen molar-refractivity contribution in [1.82, 2.24) is 5.32 Å². The Morgan fingerprint density at radius 2 is 1.95 bits per heavy atom. The predicted molar refractivity (Wildman–Crippen MR) is 74.9 cm³/mol. The van der Waals surface area contributed by atoms with E-state index < -0.39 is 10.0 Å². The second kappa shape index (κ2) is 5.16. The number of hydrogen-bond acceptors (Lipinski definition) is 5. The van der Waals surface area contributed by atoms with Gasteiger partial charge < -0.3 is 5.32 Å². The second-order valence-corrected chi connectivity index (χ2v) is 6.30. The minimum absolute atomic E-state index is 0.0361. The second-order valence-electron chi connectivity index (χ2n) is 3.71. The quantitative estimate of drug-likeness (QED) is 0.777. The lowest BCUT2D eigenvalue weighted by Crippen LogP contribution is -2.19. The van der Waals surface area contributed by atoms with Gasteiger partial charge in [0.1, 0.15) is 0 Å². The molecule has 0 aromatic heterocycles. The molecule has 1 heterocycles. The number of hydrogen-bond donors (Lipinski definition) is 2. The monoisotopic (exact) mass is 297 g/mol. The van der Waals surface area contributed by atoms with Gasteiger partial charge in [-0.05, 0) is 35.5 Å². The summed E-state index contributed by atoms with van der Waals surface area (Å²) in [6.07, 6.45) is 1.66. The number of amides is 1. The van der Waals surface area contributed by atoms with E-state index in [0.717, 1.165) is 0 Å². The van der Waals surface area contributed by atoms with Gasteiger partial charge in [-0.15, -0.1) is 0 Å². The van der Waals surface area contributed by atoms with Gasteiger partial charge in [0.05, 0.1) is 9.80 Å². The number of amidine groups is 1. The summed E-state index contributed by atoms with van der Waals surface area (Å²) in [7, 11) is -2.10. The van der Waals surface area contributed by atoms with Crippen LogP contribution in [0.4, 0.5) is 0 Å². The van der Waals surface area contributed by atoms with Crippen molar-refractivity contribution in [3.63, 3.8) is 0 Å². The molecule has 0 bridgehead atoms. The van der Waals surface area contributed by atoms with Crippen LogP contribution in [-0.2, 0) is 14.8 Å². The average molecular weight is 297 g/mol. The van der Waals surface area contributed by atoms with Gasteiger partial charge in [0.15, 0.2) is 5.17 Å². The zero-order chi connectivity index (χ0) is 14.0. The minimum Gasteiger partial charge on any atom is -0.301 e. The highest BCUT2D eigenvalue weighted by Gasteiger charge is 2.22. The summed E-state index contributed by atoms with van der Waals surface area (Å²) in [4.78, 5) is 16.0. The van der Waals surface area contributed by atoms with Crippen molar-refractivity contribution in [2.45, 2.75) is 4.90 Å². The van der Waals surface area contributed by atoms with E-state index in [2.05, 4.69) is 10.3 Å². The summed E-state index contributed by atoms with van der Waals surface area (Å²) in [5.41, 5.74) is 0.711.